The van der Waals surface area contributed by atoms with Gasteiger partial charge in [0.1, 0.15) is 17.6 Å². The second kappa shape index (κ2) is 9.73. The molecule has 0 spiro atoms. The number of aryl methyl sites for hydroxylation is 1. The third-order valence-electron chi connectivity index (χ3n) is 6.69. The van der Waals surface area contributed by atoms with E-state index in [0.717, 1.165) is 19.3 Å². The van der Waals surface area contributed by atoms with Gasteiger partial charge in [-0.05, 0) is 51.3 Å². The molecule has 37 heavy (non-hydrogen) atoms. The second-order valence-corrected chi connectivity index (χ2v) is 10.5. The summed E-state index contributed by atoms with van der Waals surface area (Å²) in [6, 6.07) is 3.14. The lowest BCUT2D eigenvalue weighted by Gasteiger charge is -2.36. The molecule has 2 fully saturated rings. The molecule has 2 aliphatic rings. The third-order valence-corrected chi connectivity index (χ3v) is 6.69. The lowest BCUT2D eigenvalue weighted by Crippen LogP contribution is -2.50. The molecule has 0 radical (unpaired) electrons. The van der Waals surface area contributed by atoms with Gasteiger partial charge in [-0.15, -0.1) is 4.91 Å². The predicted octanol–water partition coefficient (Wildman–Crippen LogP) is 4.73. The summed E-state index contributed by atoms with van der Waals surface area (Å²) >= 11 is 0. The van der Waals surface area contributed by atoms with Gasteiger partial charge in [0, 0.05) is 45.9 Å². The Labute approximate surface area is 214 Å². The number of amides is 1. The van der Waals surface area contributed by atoms with Crippen molar-refractivity contribution in [1.29, 1.82) is 0 Å². The maximum absolute atomic E-state index is 15.2. The summed E-state index contributed by atoms with van der Waals surface area (Å²) < 4.78 is 29.9. The number of anilines is 1. The second-order valence-electron chi connectivity index (χ2n) is 10.5. The number of ether oxygens (including phenoxy) is 2. The molecule has 3 aromatic rings. The standard InChI is InChI=1S/C25H32FN7O4/c1-25(2,3)37-24(34)32-10-8-31(9-11-32)19-14-20-17(13-16(19)26)27-23(30(20)4)22-18(29-35)15-33(28-22)21-7-5-6-12-36-21/h13-15,21H,5-12H2,1-4H3. The number of piperazine rings is 1. The van der Waals surface area contributed by atoms with E-state index in [1.807, 2.05) is 25.7 Å². The van der Waals surface area contributed by atoms with Crippen LogP contribution >= 0.6 is 0 Å². The predicted molar refractivity (Wildman–Crippen MR) is 136 cm³/mol. The zero-order valence-corrected chi connectivity index (χ0v) is 21.6. The van der Waals surface area contributed by atoms with Crippen LogP contribution in [0, 0.1) is 10.7 Å². The van der Waals surface area contributed by atoms with Crippen LogP contribution in [0.3, 0.4) is 0 Å². The van der Waals surface area contributed by atoms with Crippen molar-refractivity contribution >= 4 is 28.5 Å². The zero-order valence-electron chi connectivity index (χ0n) is 21.6. The number of benzene rings is 1. The number of carbonyl (C=O) groups excluding carboxylic acids is 1. The fourth-order valence-corrected chi connectivity index (χ4v) is 4.80. The summed E-state index contributed by atoms with van der Waals surface area (Å²) in [5, 5.41) is 7.74. The molecule has 5 rings (SSSR count). The molecule has 2 aromatic heterocycles. The van der Waals surface area contributed by atoms with Crippen LogP contribution in [-0.4, -0.2) is 68.7 Å². The van der Waals surface area contributed by atoms with Crippen molar-refractivity contribution in [3.8, 4) is 11.5 Å². The Hall–Kier alpha value is -3.54. The van der Waals surface area contributed by atoms with Gasteiger partial charge in [0.05, 0.1) is 22.9 Å². The van der Waals surface area contributed by atoms with Gasteiger partial charge in [-0.3, -0.25) is 0 Å². The van der Waals surface area contributed by atoms with Crippen LogP contribution in [0.5, 0.6) is 0 Å². The molecule has 2 aliphatic heterocycles. The van der Waals surface area contributed by atoms with E-state index in [1.54, 1.807) is 33.5 Å². The Balaban J connectivity index is 1.40. The average Bonchev–Trinajstić information content (AvgIpc) is 3.44. The van der Waals surface area contributed by atoms with Crippen molar-refractivity contribution in [1.82, 2.24) is 24.2 Å². The Kier molecular flexibility index (Phi) is 6.61. The van der Waals surface area contributed by atoms with Crippen molar-refractivity contribution in [3.63, 3.8) is 0 Å². The quantitative estimate of drug-likeness (QED) is 0.464. The van der Waals surface area contributed by atoms with E-state index >= 15 is 4.39 Å². The molecule has 0 bridgehead atoms. The van der Waals surface area contributed by atoms with Gasteiger partial charge in [0.25, 0.3) is 0 Å². The van der Waals surface area contributed by atoms with E-state index in [-0.39, 0.29) is 18.0 Å². The maximum atomic E-state index is 15.2. The molecule has 0 saturated carbocycles. The number of carbonyl (C=O) groups is 1. The lowest BCUT2D eigenvalue weighted by molar-refractivity contribution is -0.0393. The van der Waals surface area contributed by atoms with Crippen LogP contribution in [0.4, 0.5) is 20.6 Å². The van der Waals surface area contributed by atoms with Crippen LogP contribution in [0.1, 0.15) is 46.3 Å². The van der Waals surface area contributed by atoms with Crippen molar-refractivity contribution in [2.45, 2.75) is 51.9 Å². The van der Waals surface area contributed by atoms with Crippen LogP contribution in [0.2, 0.25) is 0 Å². The molecule has 1 amide bonds. The first kappa shape index (κ1) is 25.1. The van der Waals surface area contributed by atoms with Crippen LogP contribution in [0.25, 0.3) is 22.6 Å². The minimum Gasteiger partial charge on any atom is -0.444 e. The Morgan fingerprint density at radius 1 is 1.19 bits per heavy atom. The zero-order chi connectivity index (χ0) is 26.3. The van der Waals surface area contributed by atoms with E-state index in [0.29, 0.717) is 61.0 Å². The van der Waals surface area contributed by atoms with Crippen LogP contribution in [0.15, 0.2) is 23.5 Å². The average molecular weight is 514 g/mol. The van der Waals surface area contributed by atoms with Gasteiger partial charge >= 0.3 is 6.09 Å². The van der Waals surface area contributed by atoms with Crippen LogP contribution in [-0.2, 0) is 16.5 Å². The van der Waals surface area contributed by atoms with Crippen molar-refractivity contribution < 1.29 is 18.7 Å². The summed E-state index contributed by atoms with van der Waals surface area (Å²) in [6.07, 6.45) is 3.78. The fourth-order valence-electron chi connectivity index (χ4n) is 4.80. The van der Waals surface area contributed by atoms with Gasteiger partial charge in [0.15, 0.2) is 17.2 Å². The first-order chi connectivity index (χ1) is 17.6. The molecule has 2 saturated heterocycles. The molecular formula is C25H32FN7O4. The molecule has 4 heterocycles. The van der Waals surface area contributed by atoms with Crippen LogP contribution < -0.4 is 4.90 Å². The minimum atomic E-state index is -0.568. The normalized spacial score (nSPS) is 18.9. The maximum Gasteiger partial charge on any atom is 0.410 e. The molecular weight excluding hydrogens is 481 g/mol. The Bertz CT molecular complexity index is 1310. The molecule has 1 aromatic carbocycles. The molecule has 1 atom stereocenters. The van der Waals surface area contributed by atoms with Crippen molar-refractivity contribution in [3.05, 3.63) is 29.1 Å². The first-order valence-electron chi connectivity index (χ1n) is 12.6. The number of halogens is 1. The minimum absolute atomic E-state index is 0.159. The van der Waals surface area contributed by atoms with E-state index in [1.165, 1.54) is 6.07 Å². The van der Waals surface area contributed by atoms with Crippen molar-refractivity contribution in [2.75, 3.05) is 37.7 Å². The molecule has 1 unspecified atom stereocenters. The summed E-state index contributed by atoms with van der Waals surface area (Å²) in [6.45, 7) is 7.93. The fraction of sp³-hybridized carbons (Fsp3) is 0.560. The SMILES string of the molecule is Cn1c(-c2nn(C3CCCCO3)cc2N=O)nc2cc(F)c(N3CCN(C(=O)OC(C)(C)C)CC3)cc21. The monoisotopic (exact) mass is 513 g/mol. The third kappa shape index (κ3) is 5.02. The highest BCUT2D eigenvalue weighted by atomic mass is 19.1. The molecule has 198 valence electrons. The highest BCUT2D eigenvalue weighted by Crippen LogP contribution is 2.35. The summed E-state index contributed by atoms with van der Waals surface area (Å²) in [7, 11) is 1.80. The molecule has 0 N–H and O–H groups in total. The topological polar surface area (TPSA) is 107 Å². The van der Waals surface area contributed by atoms with Gasteiger partial charge in [0.2, 0.25) is 0 Å². The number of hydrogen-bond acceptors (Lipinski definition) is 8. The largest absolute Gasteiger partial charge is 0.444 e. The Morgan fingerprint density at radius 3 is 2.59 bits per heavy atom. The van der Waals surface area contributed by atoms with Gasteiger partial charge in [-0.1, -0.05) is 0 Å². The first-order valence-corrected chi connectivity index (χ1v) is 12.6. The number of fused-ring (bicyclic) bond motifs is 1. The van der Waals surface area contributed by atoms with Crippen molar-refractivity contribution in [2.24, 2.45) is 12.2 Å². The number of hydrogen-bond donors (Lipinski definition) is 0. The number of imidazole rings is 1. The van der Waals surface area contributed by atoms with Gasteiger partial charge in [-0.25, -0.2) is 18.9 Å². The number of nitroso groups, excluding NO2 is 1. The van der Waals surface area contributed by atoms with E-state index in [4.69, 9.17) is 9.47 Å². The number of rotatable bonds is 4. The van der Waals surface area contributed by atoms with E-state index in [2.05, 4.69) is 15.3 Å². The van der Waals surface area contributed by atoms with Gasteiger partial charge in [-0.2, -0.15) is 5.10 Å². The molecule has 11 nitrogen and oxygen atoms in total. The number of aromatic nitrogens is 4. The van der Waals surface area contributed by atoms with E-state index in [9.17, 15) is 9.70 Å². The summed E-state index contributed by atoms with van der Waals surface area (Å²) in [5.41, 5.74) is 1.50. The Morgan fingerprint density at radius 2 is 1.95 bits per heavy atom. The highest BCUT2D eigenvalue weighted by Gasteiger charge is 2.28. The highest BCUT2D eigenvalue weighted by molar-refractivity contribution is 5.85. The molecule has 0 aliphatic carbocycles. The van der Waals surface area contributed by atoms with Gasteiger partial charge < -0.3 is 23.8 Å². The summed E-state index contributed by atoms with van der Waals surface area (Å²) in [5.74, 6) is 0.0168. The number of nitrogens with zero attached hydrogens (tertiary/aromatic N) is 7. The summed E-state index contributed by atoms with van der Waals surface area (Å²) in [4.78, 5) is 32.1. The smallest absolute Gasteiger partial charge is 0.410 e. The molecule has 12 heteroatoms. The lowest BCUT2D eigenvalue weighted by atomic mass is 10.2. The van der Waals surface area contributed by atoms with E-state index < -0.39 is 11.4 Å².